The number of nitrogens with zero attached hydrogens (tertiary/aromatic N) is 2. The van der Waals surface area contributed by atoms with E-state index in [1.54, 1.807) is 31.3 Å². The van der Waals surface area contributed by atoms with Gasteiger partial charge in [0.2, 0.25) is 10.0 Å². The van der Waals surface area contributed by atoms with Gasteiger partial charge < -0.3 is 9.64 Å². The van der Waals surface area contributed by atoms with Gasteiger partial charge in [-0.05, 0) is 43.2 Å². The molecule has 2 aromatic rings. The first kappa shape index (κ1) is 20.3. The summed E-state index contributed by atoms with van der Waals surface area (Å²) in [5, 5.41) is 0. The summed E-state index contributed by atoms with van der Waals surface area (Å²) in [6, 6.07) is 12.1. The Hall–Kier alpha value is -2.45. The number of para-hydroxylation sites is 1. The van der Waals surface area contributed by atoms with Crippen LogP contribution in [0.3, 0.4) is 0 Å². The highest BCUT2D eigenvalue weighted by Gasteiger charge is 2.27. The van der Waals surface area contributed by atoms with Gasteiger partial charge in [-0.25, -0.2) is 12.8 Å². The van der Waals surface area contributed by atoms with Crippen molar-refractivity contribution in [3.63, 3.8) is 0 Å². The summed E-state index contributed by atoms with van der Waals surface area (Å²) >= 11 is 0. The summed E-state index contributed by atoms with van der Waals surface area (Å²) in [5.74, 6) is -0.658. The molecule has 3 rings (SSSR count). The van der Waals surface area contributed by atoms with E-state index in [0.29, 0.717) is 13.1 Å². The van der Waals surface area contributed by atoms with E-state index in [4.69, 9.17) is 4.74 Å². The average molecular weight is 406 g/mol. The topological polar surface area (TPSA) is 66.9 Å². The molecule has 0 radical (unpaired) electrons. The molecular formula is C20H23FN2O4S. The third-order valence-corrected chi connectivity index (χ3v) is 6.55. The molecule has 1 fully saturated rings. The predicted octanol–water partition coefficient (Wildman–Crippen LogP) is 2.76. The van der Waals surface area contributed by atoms with E-state index >= 15 is 0 Å². The Morgan fingerprint density at radius 1 is 1.14 bits per heavy atom. The smallest absolute Gasteiger partial charge is 0.253 e. The zero-order chi connectivity index (χ0) is 20.1. The molecule has 2 aromatic carbocycles. The van der Waals surface area contributed by atoms with Gasteiger partial charge in [0, 0.05) is 25.7 Å². The lowest BCUT2D eigenvalue weighted by Gasteiger charge is -2.19. The summed E-state index contributed by atoms with van der Waals surface area (Å²) in [4.78, 5) is 14.2. The number of carbonyl (C=O) groups excluding carboxylic acids is 1. The van der Waals surface area contributed by atoms with Gasteiger partial charge in [-0.1, -0.05) is 18.2 Å². The van der Waals surface area contributed by atoms with Crippen molar-refractivity contribution in [3.8, 4) is 5.75 Å². The van der Waals surface area contributed by atoms with E-state index < -0.39 is 15.8 Å². The Morgan fingerprint density at radius 3 is 2.57 bits per heavy atom. The number of rotatable bonds is 7. The van der Waals surface area contributed by atoms with Crippen LogP contribution < -0.4 is 4.74 Å². The van der Waals surface area contributed by atoms with Gasteiger partial charge in [-0.15, -0.1) is 0 Å². The van der Waals surface area contributed by atoms with Crippen LogP contribution in [0.1, 0.15) is 23.2 Å². The minimum Gasteiger partial charge on any atom is -0.489 e. The molecule has 1 heterocycles. The van der Waals surface area contributed by atoms with Crippen LogP contribution in [0.4, 0.5) is 4.39 Å². The van der Waals surface area contributed by atoms with Gasteiger partial charge >= 0.3 is 0 Å². The van der Waals surface area contributed by atoms with Crippen molar-refractivity contribution in [1.29, 1.82) is 0 Å². The predicted molar refractivity (Wildman–Crippen MR) is 103 cm³/mol. The number of likely N-dealkylation sites (N-methyl/N-ethyl adjacent to an activating group) is 1. The van der Waals surface area contributed by atoms with Crippen LogP contribution in [0.15, 0.2) is 53.4 Å². The molecule has 1 amide bonds. The third kappa shape index (κ3) is 4.51. The summed E-state index contributed by atoms with van der Waals surface area (Å²) in [7, 11) is -1.99. The SMILES string of the molecule is CN(CCOc1ccccc1F)C(=O)c1cccc(S(=O)(=O)N2CCCC2)c1. The monoisotopic (exact) mass is 406 g/mol. The highest BCUT2D eigenvalue weighted by Crippen LogP contribution is 2.22. The molecule has 0 bridgehead atoms. The van der Waals surface area contributed by atoms with E-state index in [-0.39, 0.29) is 35.3 Å². The molecule has 0 unspecified atom stereocenters. The molecule has 0 aliphatic carbocycles. The van der Waals surface area contributed by atoms with Gasteiger partial charge in [0.05, 0.1) is 11.4 Å². The number of hydrogen-bond acceptors (Lipinski definition) is 4. The Balaban J connectivity index is 1.64. The van der Waals surface area contributed by atoms with Crippen molar-refractivity contribution in [3.05, 3.63) is 59.9 Å². The highest BCUT2D eigenvalue weighted by molar-refractivity contribution is 7.89. The van der Waals surface area contributed by atoms with Crippen molar-refractivity contribution in [2.75, 3.05) is 33.3 Å². The van der Waals surface area contributed by atoms with E-state index in [1.807, 2.05) is 0 Å². The second-order valence-corrected chi connectivity index (χ2v) is 8.58. The Kier molecular flexibility index (Phi) is 6.31. The maximum atomic E-state index is 13.6. The lowest BCUT2D eigenvalue weighted by Crippen LogP contribution is -2.31. The van der Waals surface area contributed by atoms with Crippen LogP contribution in [-0.2, 0) is 10.0 Å². The van der Waals surface area contributed by atoms with Gasteiger partial charge in [-0.2, -0.15) is 4.31 Å². The van der Waals surface area contributed by atoms with E-state index in [9.17, 15) is 17.6 Å². The number of benzene rings is 2. The Morgan fingerprint density at radius 2 is 1.86 bits per heavy atom. The minimum atomic E-state index is -3.58. The van der Waals surface area contributed by atoms with Gasteiger partial charge in [0.15, 0.2) is 11.6 Å². The Bertz CT molecular complexity index is 943. The fourth-order valence-corrected chi connectivity index (χ4v) is 4.61. The second kappa shape index (κ2) is 8.70. The number of hydrogen-bond donors (Lipinski definition) is 0. The molecule has 1 saturated heterocycles. The molecule has 8 heteroatoms. The first-order valence-corrected chi connectivity index (χ1v) is 10.6. The summed E-state index contributed by atoms with van der Waals surface area (Å²) in [5.41, 5.74) is 0.286. The molecule has 28 heavy (non-hydrogen) atoms. The number of sulfonamides is 1. The number of halogens is 1. The molecule has 6 nitrogen and oxygen atoms in total. The molecule has 1 aliphatic heterocycles. The van der Waals surface area contributed by atoms with Crippen LogP contribution in [0.2, 0.25) is 0 Å². The van der Waals surface area contributed by atoms with Crippen molar-refractivity contribution in [1.82, 2.24) is 9.21 Å². The third-order valence-electron chi connectivity index (χ3n) is 4.65. The average Bonchev–Trinajstić information content (AvgIpc) is 3.24. The lowest BCUT2D eigenvalue weighted by molar-refractivity contribution is 0.0772. The summed E-state index contributed by atoms with van der Waals surface area (Å²) in [6.07, 6.45) is 1.70. The first-order valence-electron chi connectivity index (χ1n) is 9.12. The summed E-state index contributed by atoms with van der Waals surface area (Å²) < 4.78 is 45.7. The fraction of sp³-hybridized carbons (Fsp3) is 0.350. The van der Waals surface area contributed by atoms with Crippen molar-refractivity contribution in [2.24, 2.45) is 0 Å². The number of carbonyl (C=O) groups is 1. The molecule has 0 spiro atoms. The largest absolute Gasteiger partial charge is 0.489 e. The van der Waals surface area contributed by atoms with E-state index in [0.717, 1.165) is 12.8 Å². The molecule has 1 aliphatic rings. The maximum absolute atomic E-state index is 13.6. The summed E-state index contributed by atoms with van der Waals surface area (Å²) in [6.45, 7) is 1.37. The van der Waals surface area contributed by atoms with Crippen molar-refractivity contribution in [2.45, 2.75) is 17.7 Å². The molecule has 0 atom stereocenters. The zero-order valence-corrected chi connectivity index (χ0v) is 16.5. The first-order chi connectivity index (χ1) is 13.4. The van der Waals surface area contributed by atoms with Crippen LogP contribution in [0.5, 0.6) is 5.75 Å². The minimum absolute atomic E-state index is 0.120. The molecule has 0 N–H and O–H groups in total. The van der Waals surface area contributed by atoms with Crippen LogP contribution >= 0.6 is 0 Å². The Labute approximate surface area is 164 Å². The highest BCUT2D eigenvalue weighted by atomic mass is 32.2. The van der Waals surface area contributed by atoms with Crippen molar-refractivity contribution < 1.29 is 22.3 Å². The van der Waals surface area contributed by atoms with Gasteiger partial charge in [0.1, 0.15) is 6.61 Å². The standard InChI is InChI=1S/C20H23FN2O4S/c1-22(13-14-27-19-10-3-2-9-18(19)21)20(24)16-7-6-8-17(15-16)28(25,26)23-11-4-5-12-23/h2-3,6-10,15H,4-5,11-14H2,1H3. The molecule has 150 valence electrons. The number of ether oxygens (including phenoxy) is 1. The van der Waals surface area contributed by atoms with Gasteiger partial charge in [-0.3, -0.25) is 4.79 Å². The number of amides is 1. The van der Waals surface area contributed by atoms with Gasteiger partial charge in [0.25, 0.3) is 5.91 Å². The van der Waals surface area contributed by atoms with Crippen LogP contribution in [0.25, 0.3) is 0 Å². The normalized spacial score (nSPS) is 14.8. The fourth-order valence-electron chi connectivity index (χ4n) is 3.04. The second-order valence-electron chi connectivity index (χ2n) is 6.64. The van der Waals surface area contributed by atoms with Crippen LogP contribution in [0, 0.1) is 5.82 Å². The van der Waals surface area contributed by atoms with E-state index in [2.05, 4.69) is 0 Å². The quantitative estimate of drug-likeness (QED) is 0.709. The molecular weight excluding hydrogens is 383 g/mol. The molecule has 0 aromatic heterocycles. The molecule has 0 saturated carbocycles. The zero-order valence-electron chi connectivity index (χ0n) is 15.7. The van der Waals surface area contributed by atoms with E-state index in [1.165, 1.54) is 33.5 Å². The maximum Gasteiger partial charge on any atom is 0.253 e. The van der Waals surface area contributed by atoms with Crippen LogP contribution in [-0.4, -0.2) is 56.8 Å². The van der Waals surface area contributed by atoms with Crippen molar-refractivity contribution >= 4 is 15.9 Å². The lowest BCUT2D eigenvalue weighted by atomic mass is 10.2.